The summed E-state index contributed by atoms with van der Waals surface area (Å²) in [6.07, 6.45) is -3.02. The van der Waals surface area contributed by atoms with Gasteiger partial charge in [0.25, 0.3) is 6.43 Å². The molecule has 0 saturated carbocycles. The Labute approximate surface area is 211 Å². The standard InChI is InChI=1S/C23H31F3N2O9/c1-4-7-10-34-21(29)18-19(26)15(28(32)33)13-16(20(18)37-14-17(24)25)27(22(30)35-11-8-5-2)23(31)36-12-9-6-3/h13,17H,4-12,14H2,1-3H3. The SMILES string of the molecule is CCCCOC(=O)c1c(F)c([N+](=O)[O-])cc(N(C(=O)OCCCC)C(=O)OCCCC)c1OCC(F)F. The number of rotatable bonds is 15. The third-order valence-electron chi connectivity index (χ3n) is 4.72. The number of carbonyl (C=O) groups is 3. The molecule has 0 spiro atoms. The van der Waals surface area contributed by atoms with E-state index in [-0.39, 0.29) is 24.7 Å². The maximum atomic E-state index is 15.1. The van der Waals surface area contributed by atoms with Crippen molar-refractivity contribution < 1.29 is 51.4 Å². The molecule has 0 N–H and O–H groups in total. The number of carbonyl (C=O) groups excluding carboxylic acids is 3. The molecule has 208 valence electrons. The van der Waals surface area contributed by atoms with Crippen LogP contribution in [0.15, 0.2) is 6.07 Å². The van der Waals surface area contributed by atoms with Crippen molar-refractivity contribution in [2.24, 2.45) is 0 Å². The number of imide groups is 1. The van der Waals surface area contributed by atoms with Crippen LogP contribution < -0.4 is 9.64 Å². The number of halogens is 3. The van der Waals surface area contributed by atoms with Crippen LogP contribution in [-0.4, -0.2) is 55.9 Å². The normalized spacial score (nSPS) is 10.7. The Morgan fingerprint density at radius 3 is 1.86 bits per heavy atom. The van der Waals surface area contributed by atoms with E-state index in [1.165, 1.54) is 0 Å². The van der Waals surface area contributed by atoms with Gasteiger partial charge in [0.15, 0.2) is 5.75 Å². The van der Waals surface area contributed by atoms with E-state index >= 15 is 4.39 Å². The Bertz CT molecular complexity index is 923. The second-order valence-electron chi connectivity index (χ2n) is 7.65. The molecular weight excluding hydrogens is 505 g/mol. The zero-order valence-electron chi connectivity index (χ0n) is 20.9. The molecule has 0 heterocycles. The van der Waals surface area contributed by atoms with E-state index in [0.29, 0.717) is 44.6 Å². The van der Waals surface area contributed by atoms with Crippen molar-refractivity contribution in [3.63, 3.8) is 0 Å². The number of nitro benzene ring substituents is 1. The molecular formula is C23H31F3N2O9. The van der Waals surface area contributed by atoms with Gasteiger partial charge in [-0.2, -0.15) is 9.29 Å². The van der Waals surface area contributed by atoms with Crippen LogP contribution in [0.25, 0.3) is 0 Å². The maximum Gasteiger partial charge on any atom is 0.424 e. The average Bonchev–Trinajstić information content (AvgIpc) is 2.83. The number of alkyl halides is 2. The molecule has 0 bridgehead atoms. The van der Waals surface area contributed by atoms with E-state index in [4.69, 9.17) is 18.9 Å². The summed E-state index contributed by atoms with van der Waals surface area (Å²) in [7, 11) is 0. The largest absolute Gasteiger partial charge is 0.484 e. The van der Waals surface area contributed by atoms with Crippen molar-refractivity contribution >= 4 is 29.5 Å². The average molecular weight is 537 g/mol. The van der Waals surface area contributed by atoms with Crippen molar-refractivity contribution in [1.82, 2.24) is 0 Å². The summed E-state index contributed by atoms with van der Waals surface area (Å²) in [6, 6.07) is 0.404. The number of ether oxygens (including phenoxy) is 4. The first-order chi connectivity index (χ1) is 17.6. The monoisotopic (exact) mass is 536 g/mol. The number of nitro groups is 1. The van der Waals surface area contributed by atoms with Crippen LogP contribution >= 0.6 is 0 Å². The third kappa shape index (κ3) is 9.42. The molecule has 0 fully saturated rings. The first kappa shape index (κ1) is 31.4. The fraction of sp³-hybridized carbons (Fsp3) is 0.609. The lowest BCUT2D eigenvalue weighted by atomic mass is 10.1. The molecule has 37 heavy (non-hydrogen) atoms. The van der Waals surface area contributed by atoms with E-state index in [0.717, 1.165) is 0 Å². The number of esters is 1. The number of nitrogens with zero attached hydrogens (tertiary/aromatic N) is 2. The Kier molecular flexibility index (Phi) is 13.8. The number of anilines is 1. The van der Waals surface area contributed by atoms with Crippen molar-refractivity contribution in [3.8, 4) is 5.75 Å². The summed E-state index contributed by atoms with van der Waals surface area (Å²) in [4.78, 5) is 48.9. The van der Waals surface area contributed by atoms with Gasteiger partial charge in [-0.3, -0.25) is 10.1 Å². The van der Waals surface area contributed by atoms with Gasteiger partial charge in [0.2, 0.25) is 5.82 Å². The molecule has 1 aromatic carbocycles. The van der Waals surface area contributed by atoms with Crippen LogP contribution in [0.1, 0.15) is 69.7 Å². The van der Waals surface area contributed by atoms with Crippen LogP contribution in [0.2, 0.25) is 0 Å². The van der Waals surface area contributed by atoms with Gasteiger partial charge in [0, 0.05) is 6.07 Å². The van der Waals surface area contributed by atoms with Gasteiger partial charge in [-0.05, 0) is 19.3 Å². The summed E-state index contributed by atoms with van der Waals surface area (Å²) < 4.78 is 61.1. The molecule has 11 nitrogen and oxygen atoms in total. The first-order valence-corrected chi connectivity index (χ1v) is 11.8. The minimum absolute atomic E-state index is 0.140. The molecule has 2 amide bonds. The molecule has 0 aliphatic rings. The summed E-state index contributed by atoms with van der Waals surface area (Å²) in [5.41, 5.74) is -3.46. The molecule has 0 atom stereocenters. The molecule has 0 radical (unpaired) electrons. The van der Waals surface area contributed by atoms with Gasteiger partial charge < -0.3 is 18.9 Å². The molecule has 0 saturated heterocycles. The molecule has 1 rings (SSSR count). The highest BCUT2D eigenvalue weighted by molar-refractivity contribution is 6.12. The number of unbranched alkanes of at least 4 members (excludes halogenated alkanes) is 3. The van der Waals surface area contributed by atoms with E-state index < -0.39 is 64.6 Å². The van der Waals surface area contributed by atoms with Gasteiger partial charge in [-0.15, -0.1) is 0 Å². The van der Waals surface area contributed by atoms with Crippen molar-refractivity contribution in [3.05, 3.63) is 27.6 Å². The first-order valence-electron chi connectivity index (χ1n) is 11.8. The van der Waals surface area contributed by atoms with Crippen LogP contribution in [0.4, 0.5) is 34.1 Å². The minimum atomic E-state index is -3.13. The molecule has 14 heteroatoms. The smallest absolute Gasteiger partial charge is 0.424 e. The van der Waals surface area contributed by atoms with Gasteiger partial charge in [0.05, 0.1) is 24.7 Å². The quantitative estimate of drug-likeness (QED) is 0.0867. The molecule has 1 aromatic rings. The lowest BCUT2D eigenvalue weighted by molar-refractivity contribution is -0.387. The van der Waals surface area contributed by atoms with Crippen LogP contribution in [0.3, 0.4) is 0 Å². The lowest BCUT2D eigenvalue weighted by Gasteiger charge is -2.24. The van der Waals surface area contributed by atoms with Gasteiger partial charge in [0.1, 0.15) is 17.9 Å². The third-order valence-corrected chi connectivity index (χ3v) is 4.72. The highest BCUT2D eigenvalue weighted by Gasteiger charge is 2.38. The Hall–Kier alpha value is -3.58. The summed E-state index contributed by atoms with van der Waals surface area (Å²) in [5, 5.41) is 11.6. The fourth-order valence-electron chi connectivity index (χ4n) is 2.78. The van der Waals surface area contributed by atoms with Crippen LogP contribution in [0, 0.1) is 15.9 Å². The van der Waals surface area contributed by atoms with E-state index in [1.807, 2.05) is 0 Å². The van der Waals surface area contributed by atoms with Gasteiger partial charge in [-0.1, -0.05) is 40.0 Å². The van der Waals surface area contributed by atoms with Gasteiger partial charge >= 0.3 is 23.8 Å². The minimum Gasteiger partial charge on any atom is -0.484 e. The Morgan fingerprint density at radius 1 is 0.946 bits per heavy atom. The van der Waals surface area contributed by atoms with Gasteiger partial charge in [-0.25, -0.2) is 23.2 Å². The lowest BCUT2D eigenvalue weighted by Crippen LogP contribution is -2.39. The number of hydrogen-bond donors (Lipinski definition) is 0. The van der Waals surface area contributed by atoms with Crippen molar-refractivity contribution in [2.45, 2.75) is 65.7 Å². The van der Waals surface area contributed by atoms with Crippen LogP contribution in [-0.2, 0) is 14.2 Å². The predicted octanol–water partition coefficient (Wildman–Crippen LogP) is 6.01. The number of hydrogen-bond acceptors (Lipinski definition) is 9. The molecule has 0 aliphatic carbocycles. The van der Waals surface area contributed by atoms with Crippen molar-refractivity contribution in [1.29, 1.82) is 0 Å². The summed E-state index contributed by atoms with van der Waals surface area (Å²) in [6.45, 7) is 3.39. The summed E-state index contributed by atoms with van der Waals surface area (Å²) in [5.74, 6) is -4.26. The molecule has 0 aromatic heterocycles. The maximum absolute atomic E-state index is 15.1. The topological polar surface area (TPSA) is 135 Å². The second kappa shape index (κ2) is 16.2. The highest BCUT2D eigenvalue weighted by atomic mass is 19.3. The van der Waals surface area contributed by atoms with E-state index in [2.05, 4.69) is 0 Å². The zero-order chi connectivity index (χ0) is 28.0. The Balaban J connectivity index is 3.81. The number of benzene rings is 1. The summed E-state index contributed by atoms with van der Waals surface area (Å²) >= 11 is 0. The highest BCUT2D eigenvalue weighted by Crippen LogP contribution is 2.40. The number of amides is 2. The molecule has 0 unspecified atom stereocenters. The predicted molar refractivity (Wildman–Crippen MR) is 125 cm³/mol. The van der Waals surface area contributed by atoms with E-state index in [9.17, 15) is 33.3 Å². The van der Waals surface area contributed by atoms with E-state index in [1.54, 1.807) is 20.8 Å². The fourth-order valence-corrected chi connectivity index (χ4v) is 2.78. The second-order valence-corrected chi connectivity index (χ2v) is 7.65. The Morgan fingerprint density at radius 2 is 1.43 bits per heavy atom. The zero-order valence-corrected chi connectivity index (χ0v) is 20.9. The van der Waals surface area contributed by atoms with Crippen molar-refractivity contribution in [2.75, 3.05) is 31.3 Å². The molecule has 0 aliphatic heterocycles. The van der Waals surface area contributed by atoms with Crippen LogP contribution in [0.5, 0.6) is 5.75 Å².